The summed E-state index contributed by atoms with van der Waals surface area (Å²) < 4.78 is 6.92. The van der Waals surface area contributed by atoms with Crippen LogP contribution in [0.15, 0.2) is 72.8 Å². The van der Waals surface area contributed by atoms with Gasteiger partial charge in [0, 0.05) is 5.56 Å². The normalized spacial score (nSPS) is 10.8. The van der Waals surface area contributed by atoms with Crippen molar-refractivity contribution < 1.29 is 14.3 Å². The zero-order chi connectivity index (χ0) is 20.2. The number of Topliss-reactive ketones (excluding diaryl/α,β-unsaturated/α-hetero) is 1. The molecule has 0 aliphatic carbocycles. The van der Waals surface area contributed by atoms with Crippen LogP contribution in [0.2, 0.25) is 5.02 Å². The lowest BCUT2D eigenvalue weighted by molar-refractivity contribution is 0.0475. The second-order valence-corrected chi connectivity index (χ2v) is 6.82. The summed E-state index contributed by atoms with van der Waals surface area (Å²) in [6.07, 6.45) is 0. The Morgan fingerprint density at radius 1 is 0.931 bits per heavy atom. The van der Waals surface area contributed by atoms with Gasteiger partial charge < -0.3 is 4.74 Å². The van der Waals surface area contributed by atoms with E-state index in [2.05, 4.69) is 10.3 Å². The van der Waals surface area contributed by atoms with Crippen molar-refractivity contribution in [2.75, 3.05) is 6.61 Å². The zero-order valence-electron chi connectivity index (χ0n) is 15.3. The molecule has 1 heterocycles. The third-order valence-electron chi connectivity index (χ3n) is 4.45. The molecule has 4 aromatic rings. The Labute approximate surface area is 171 Å². The van der Waals surface area contributed by atoms with Crippen molar-refractivity contribution in [3.63, 3.8) is 0 Å². The van der Waals surface area contributed by atoms with E-state index in [9.17, 15) is 9.59 Å². The monoisotopic (exact) mass is 405 g/mol. The molecule has 4 rings (SSSR count). The molecule has 6 nitrogen and oxygen atoms in total. The summed E-state index contributed by atoms with van der Waals surface area (Å²) in [4.78, 5) is 24.4. The first kappa shape index (κ1) is 18.8. The molecular formula is C22H16ClN3O3. The van der Waals surface area contributed by atoms with Crippen LogP contribution in [0.5, 0.6) is 0 Å². The first-order valence-corrected chi connectivity index (χ1v) is 9.31. The first-order valence-electron chi connectivity index (χ1n) is 8.94. The van der Waals surface area contributed by atoms with Gasteiger partial charge in [0.2, 0.25) is 5.78 Å². The highest BCUT2D eigenvalue weighted by Crippen LogP contribution is 2.16. The highest BCUT2D eigenvalue weighted by Gasteiger charge is 2.14. The zero-order valence-corrected chi connectivity index (χ0v) is 16.0. The minimum absolute atomic E-state index is 0.331. The lowest BCUT2D eigenvalue weighted by Gasteiger charge is -2.07. The largest absolute Gasteiger partial charge is 0.454 e. The molecule has 0 fully saturated rings. The van der Waals surface area contributed by atoms with Crippen LogP contribution in [0.4, 0.5) is 0 Å². The number of carbonyl (C=O) groups is 2. The van der Waals surface area contributed by atoms with Crippen molar-refractivity contribution in [2.24, 2.45) is 0 Å². The highest BCUT2D eigenvalue weighted by atomic mass is 35.5. The predicted molar refractivity (Wildman–Crippen MR) is 109 cm³/mol. The van der Waals surface area contributed by atoms with Crippen molar-refractivity contribution in [2.45, 2.75) is 6.54 Å². The van der Waals surface area contributed by atoms with Crippen LogP contribution in [0.1, 0.15) is 26.3 Å². The molecule has 29 heavy (non-hydrogen) atoms. The van der Waals surface area contributed by atoms with Gasteiger partial charge in [0.15, 0.2) is 6.61 Å². The van der Waals surface area contributed by atoms with Gasteiger partial charge in [-0.2, -0.15) is 0 Å². The van der Waals surface area contributed by atoms with Crippen LogP contribution < -0.4 is 0 Å². The molecule has 0 N–H and O–H groups in total. The second kappa shape index (κ2) is 8.24. The van der Waals surface area contributed by atoms with Crippen LogP contribution in [-0.4, -0.2) is 33.4 Å². The topological polar surface area (TPSA) is 74.1 Å². The molecule has 7 heteroatoms. The SMILES string of the molecule is O=C(OCC(=O)c1ccccc1Cl)c1ccc(Cn2nnc3ccccc32)cc1. The van der Waals surface area contributed by atoms with E-state index in [0.717, 1.165) is 16.6 Å². The van der Waals surface area contributed by atoms with E-state index in [1.807, 2.05) is 36.4 Å². The molecule has 0 amide bonds. The quantitative estimate of drug-likeness (QED) is 0.355. The van der Waals surface area contributed by atoms with Crippen molar-refractivity contribution in [1.82, 2.24) is 15.0 Å². The number of hydrogen-bond donors (Lipinski definition) is 0. The van der Waals surface area contributed by atoms with Gasteiger partial charge in [-0.15, -0.1) is 5.10 Å². The minimum Gasteiger partial charge on any atom is -0.454 e. The number of ether oxygens (including phenoxy) is 1. The molecule has 0 bridgehead atoms. The Morgan fingerprint density at radius 3 is 2.45 bits per heavy atom. The van der Waals surface area contributed by atoms with Gasteiger partial charge in [0.25, 0.3) is 0 Å². The Bertz CT molecular complexity index is 1190. The molecule has 0 aliphatic heterocycles. The second-order valence-electron chi connectivity index (χ2n) is 6.41. The summed E-state index contributed by atoms with van der Waals surface area (Å²) in [5, 5.41) is 8.62. The lowest BCUT2D eigenvalue weighted by Crippen LogP contribution is -2.14. The lowest BCUT2D eigenvalue weighted by atomic mass is 10.1. The van der Waals surface area contributed by atoms with E-state index in [0.29, 0.717) is 22.7 Å². The fourth-order valence-corrected chi connectivity index (χ4v) is 3.17. The maximum atomic E-state index is 12.2. The van der Waals surface area contributed by atoms with Crippen LogP contribution in [0, 0.1) is 0 Å². The average molecular weight is 406 g/mol. The van der Waals surface area contributed by atoms with E-state index >= 15 is 0 Å². The fraction of sp³-hybridized carbons (Fsp3) is 0.0909. The number of fused-ring (bicyclic) bond motifs is 1. The maximum Gasteiger partial charge on any atom is 0.338 e. The molecule has 0 saturated heterocycles. The average Bonchev–Trinajstić information content (AvgIpc) is 3.15. The van der Waals surface area contributed by atoms with E-state index < -0.39 is 5.97 Å². The van der Waals surface area contributed by atoms with Crippen molar-refractivity contribution in [3.05, 3.63) is 94.5 Å². The van der Waals surface area contributed by atoms with E-state index in [1.165, 1.54) is 0 Å². The number of hydrogen-bond acceptors (Lipinski definition) is 5. The van der Waals surface area contributed by atoms with Crippen molar-refractivity contribution >= 4 is 34.4 Å². The smallest absolute Gasteiger partial charge is 0.338 e. The Balaban J connectivity index is 1.39. The number of esters is 1. The number of rotatable bonds is 6. The van der Waals surface area contributed by atoms with E-state index in [-0.39, 0.29) is 12.4 Å². The minimum atomic E-state index is -0.567. The third-order valence-corrected chi connectivity index (χ3v) is 4.78. The summed E-state index contributed by atoms with van der Waals surface area (Å²) in [7, 11) is 0. The molecule has 3 aromatic carbocycles. The number of aromatic nitrogens is 3. The Hall–Kier alpha value is -3.51. The summed E-state index contributed by atoms with van der Waals surface area (Å²) in [6.45, 7) is 0.163. The number of halogens is 1. The molecular weight excluding hydrogens is 390 g/mol. The van der Waals surface area contributed by atoms with Crippen molar-refractivity contribution in [1.29, 1.82) is 0 Å². The van der Waals surface area contributed by atoms with Gasteiger partial charge in [0.05, 0.1) is 22.6 Å². The van der Waals surface area contributed by atoms with Crippen LogP contribution in [-0.2, 0) is 11.3 Å². The van der Waals surface area contributed by atoms with Gasteiger partial charge in [-0.25, -0.2) is 9.48 Å². The Morgan fingerprint density at radius 2 is 1.66 bits per heavy atom. The van der Waals surface area contributed by atoms with E-state index in [1.54, 1.807) is 41.1 Å². The Kier molecular flexibility index (Phi) is 5.35. The summed E-state index contributed by atoms with van der Waals surface area (Å²) in [5.74, 6) is -0.915. The number of benzene rings is 3. The molecule has 0 spiro atoms. The van der Waals surface area contributed by atoms with Crippen molar-refractivity contribution in [3.8, 4) is 0 Å². The number of para-hydroxylation sites is 1. The van der Waals surface area contributed by atoms with Gasteiger partial charge in [-0.05, 0) is 42.0 Å². The standard InChI is InChI=1S/C22H16ClN3O3/c23-18-6-2-1-5-17(18)21(27)14-29-22(28)16-11-9-15(10-12-16)13-26-20-8-4-3-7-19(20)24-25-26/h1-12H,13-14H2. The number of carbonyl (C=O) groups excluding carboxylic acids is 2. The molecule has 0 saturated carbocycles. The summed E-state index contributed by atoms with van der Waals surface area (Å²) >= 11 is 5.99. The maximum absolute atomic E-state index is 12.2. The fourth-order valence-electron chi connectivity index (χ4n) is 2.93. The van der Waals surface area contributed by atoms with E-state index in [4.69, 9.17) is 16.3 Å². The molecule has 0 atom stereocenters. The molecule has 0 aliphatic rings. The van der Waals surface area contributed by atoms with Crippen LogP contribution >= 0.6 is 11.6 Å². The van der Waals surface area contributed by atoms with Gasteiger partial charge in [-0.3, -0.25) is 4.79 Å². The highest BCUT2D eigenvalue weighted by molar-refractivity contribution is 6.34. The molecule has 144 valence electrons. The molecule has 0 unspecified atom stereocenters. The molecule has 0 radical (unpaired) electrons. The summed E-state index contributed by atoms with van der Waals surface area (Å²) in [6, 6.07) is 21.3. The first-order chi connectivity index (χ1) is 14.1. The van der Waals surface area contributed by atoms with Crippen LogP contribution in [0.25, 0.3) is 11.0 Å². The van der Waals surface area contributed by atoms with Crippen LogP contribution in [0.3, 0.4) is 0 Å². The molecule has 1 aromatic heterocycles. The van der Waals surface area contributed by atoms with Gasteiger partial charge >= 0.3 is 5.97 Å². The number of ketones is 1. The summed E-state index contributed by atoms with van der Waals surface area (Å²) in [5.41, 5.74) is 3.43. The number of nitrogens with zero attached hydrogens (tertiary/aromatic N) is 3. The van der Waals surface area contributed by atoms with Gasteiger partial charge in [0.1, 0.15) is 5.52 Å². The third kappa shape index (κ3) is 4.17. The van der Waals surface area contributed by atoms with Gasteiger partial charge in [-0.1, -0.05) is 53.2 Å². The predicted octanol–water partition coefficient (Wildman–Crippen LogP) is 4.17.